The molecule has 26 heavy (non-hydrogen) atoms. The first kappa shape index (κ1) is 17.2. The van der Waals surface area contributed by atoms with Gasteiger partial charge in [-0.2, -0.15) is 0 Å². The van der Waals surface area contributed by atoms with Crippen LogP contribution >= 0.6 is 0 Å². The van der Waals surface area contributed by atoms with Gasteiger partial charge in [-0.15, -0.1) is 10.2 Å². The summed E-state index contributed by atoms with van der Waals surface area (Å²) < 4.78 is 5.74. The van der Waals surface area contributed by atoms with Crippen molar-refractivity contribution in [2.24, 2.45) is 0 Å². The normalized spacial score (nSPS) is 23.7. The Morgan fingerprint density at radius 1 is 1.15 bits per heavy atom. The van der Waals surface area contributed by atoms with E-state index in [1.807, 2.05) is 32.0 Å². The van der Waals surface area contributed by atoms with Gasteiger partial charge in [0.2, 0.25) is 0 Å². The molecule has 1 spiro atoms. The quantitative estimate of drug-likeness (QED) is 0.893. The standard InChI is InChI=1S/C20H26N4O2/c1-14-10-15(2)19(17(25)11-14)16-4-5-18(22-21-16)24-7-6-20(12-24)13-26-9-8-23(20)3/h4-5,10-11,25H,6-9,12-13H2,1-3H3/t20-/m1/s1. The highest BCUT2D eigenvalue weighted by Gasteiger charge is 2.43. The number of hydrogen-bond donors (Lipinski definition) is 1. The smallest absolute Gasteiger partial charge is 0.151 e. The number of phenolic OH excluding ortho intramolecular Hbond substituents is 1. The van der Waals surface area contributed by atoms with Crippen molar-refractivity contribution in [1.29, 1.82) is 0 Å². The number of anilines is 1. The number of ether oxygens (including phenoxy) is 1. The van der Waals surface area contributed by atoms with Crippen molar-refractivity contribution < 1.29 is 9.84 Å². The van der Waals surface area contributed by atoms with Gasteiger partial charge in [0.15, 0.2) is 5.82 Å². The lowest BCUT2D eigenvalue weighted by Crippen LogP contribution is -2.56. The number of morpholine rings is 1. The molecule has 1 aromatic heterocycles. The van der Waals surface area contributed by atoms with Gasteiger partial charge < -0.3 is 14.7 Å². The molecule has 2 aliphatic heterocycles. The fourth-order valence-electron chi connectivity index (χ4n) is 4.20. The summed E-state index contributed by atoms with van der Waals surface area (Å²) in [6, 6.07) is 7.77. The predicted octanol–water partition coefficient (Wildman–Crippen LogP) is 2.38. The molecule has 2 fully saturated rings. The number of phenols is 1. The first-order valence-corrected chi connectivity index (χ1v) is 9.17. The Hall–Kier alpha value is -2.18. The number of benzene rings is 1. The first-order chi connectivity index (χ1) is 12.5. The van der Waals surface area contributed by atoms with Crippen LogP contribution in [0.2, 0.25) is 0 Å². The van der Waals surface area contributed by atoms with E-state index in [9.17, 15) is 5.11 Å². The minimum Gasteiger partial charge on any atom is -0.507 e. The molecular formula is C20H26N4O2. The van der Waals surface area contributed by atoms with E-state index in [0.29, 0.717) is 5.69 Å². The minimum absolute atomic E-state index is 0.0877. The van der Waals surface area contributed by atoms with Crippen molar-refractivity contribution in [2.75, 3.05) is 44.8 Å². The van der Waals surface area contributed by atoms with E-state index in [4.69, 9.17) is 4.74 Å². The molecule has 2 saturated heterocycles. The zero-order valence-electron chi connectivity index (χ0n) is 15.7. The molecule has 2 aromatic rings. The van der Waals surface area contributed by atoms with Gasteiger partial charge in [-0.05, 0) is 56.6 Å². The molecule has 3 heterocycles. The summed E-state index contributed by atoms with van der Waals surface area (Å²) in [5.74, 6) is 1.14. The molecule has 0 aliphatic carbocycles. The summed E-state index contributed by atoms with van der Waals surface area (Å²) in [7, 11) is 2.18. The van der Waals surface area contributed by atoms with E-state index in [1.54, 1.807) is 6.07 Å². The van der Waals surface area contributed by atoms with Crippen LogP contribution in [0.4, 0.5) is 5.82 Å². The van der Waals surface area contributed by atoms with E-state index in [2.05, 4.69) is 27.0 Å². The monoisotopic (exact) mass is 354 g/mol. The number of nitrogens with zero attached hydrogens (tertiary/aromatic N) is 4. The highest BCUT2D eigenvalue weighted by molar-refractivity contribution is 5.71. The lowest BCUT2D eigenvalue weighted by atomic mass is 9.96. The van der Waals surface area contributed by atoms with Gasteiger partial charge in [-0.1, -0.05) is 6.07 Å². The summed E-state index contributed by atoms with van der Waals surface area (Å²) in [6.07, 6.45) is 1.07. The number of aryl methyl sites for hydroxylation is 2. The number of rotatable bonds is 2. The maximum Gasteiger partial charge on any atom is 0.151 e. The zero-order chi connectivity index (χ0) is 18.3. The third kappa shape index (κ3) is 2.93. The van der Waals surface area contributed by atoms with Crippen LogP contribution < -0.4 is 4.90 Å². The average molecular weight is 354 g/mol. The minimum atomic E-state index is 0.0877. The summed E-state index contributed by atoms with van der Waals surface area (Å²) in [4.78, 5) is 4.70. The Morgan fingerprint density at radius 3 is 2.69 bits per heavy atom. The topological polar surface area (TPSA) is 61.7 Å². The number of aromatic nitrogens is 2. The average Bonchev–Trinajstić information content (AvgIpc) is 3.03. The van der Waals surface area contributed by atoms with Crippen molar-refractivity contribution in [3.63, 3.8) is 0 Å². The SMILES string of the molecule is Cc1cc(C)c(-c2ccc(N3CC[C@]4(COCCN4C)C3)nn2)c(O)c1. The maximum atomic E-state index is 10.3. The second kappa shape index (κ2) is 6.52. The van der Waals surface area contributed by atoms with E-state index in [0.717, 1.165) is 61.8 Å². The molecule has 6 heteroatoms. The maximum absolute atomic E-state index is 10.3. The molecule has 0 amide bonds. The molecule has 4 rings (SSSR count). The summed E-state index contributed by atoms with van der Waals surface area (Å²) >= 11 is 0. The molecular weight excluding hydrogens is 328 g/mol. The molecule has 1 N–H and O–H groups in total. The van der Waals surface area contributed by atoms with Crippen LogP contribution in [-0.4, -0.2) is 65.6 Å². The summed E-state index contributed by atoms with van der Waals surface area (Å²) in [6.45, 7) is 8.39. The Morgan fingerprint density at radius 2 is 2.00 bits per heavy atom. The van der Waals surface area contributed by atoms with Gasteiger partial charge in [0.05, 0.1) is 24.4 Å². The van der Waals surface area contributed by atoms with E-state index < -0.39 is 0 Å². The Balaban J connectivity index is 1.56. The van der Waals surface area contributed by atoms with Gasteiger partial charge in [0.1, 0.15) is 5.75 Å². The van der Waals surface area contributed by atoms with Crippen molar-refractivity contribution in [3.05, 3.63) is 35.4 Å². The third-order valence-electron chi connectivity index (χ3n) is 5.77. The molecule has 6 nitrogen and oxygen atoms in total. The van der Waals surface area contributed by atoms with Crippen LogP contribution in [-0.2, 0) is 4.74 Å². The van der Waals surface area contributed by atoms with Crippen molar-refractivity contribution >= 4 is 5.82 Å². The van der Waals surface area contributed by atoms with E-state index in [-0.39, 0.29) is 11.3 Å². The Kier molecular flexibility index (Phi) is 4.32. The fourth-order valence-corrected chi connectivity index (χ4v) is 4.20. The van der Waals surface area contributed by atoms with Gasteiger partial charge in [-0.25, -0.2) is 0 Å². The predicted molar refractivity (Wildman–Crippen MR) is 102 cm³/mol. The molecule has 0 bridgehead atoms. The summed E-state index contributed by atoms with van der Waals surface area (Å²) in [5, 5.41) is 19.2. The van der Waals surface area contributed by atoms with Crippen LogP contribution in [0, 0.1) is 13.8 Å². The lowest BCUT2D eigenvalue weighted by molar-refractivity contribution is -0.0448. The Bertz CT molecular complexity index is 785. The van der Waals surface area contributed by atoms with Crippen molar-refractivity contribution in [3.8, 4) is 17.0 Å². The second-order valence-corrected chi connectivity index (χ2v) is 7.62. The fraction of sp³-hybridized carbons (Fsp3) is 0.500. The van der Waals surface area contributed by atoms with Gasteiger partial charge >= 0.3 is 0 Å². The largest absolute Gasteiger partial charge is 0.507 e. The molecule has 2 aliphatic rings. The van der Waals surface area contributed by atoms with Gasteiger partial charge in [-0.3, -0.25) is 4.90 Å². The van der Waals surface area contributed by atoms with Gasteiger partial charge in [0.25, 0.3) is 0 Å². The lowest BCUT2D eigenvalue weighted by Gasteiger charge is -2.42. The van der Waals surface area contributed by atoms with Gasteiger partial charge in [0, 0.05) is 25.2 Å². The van der Waals surface area contributed by atoms with Crippen LogP contribution in [0.3, 0.4) is 0 Å². The molecule has 1 aromatic carbocycles. The van der Waals surface area contributed by atoms with Crippen LogP contribution in [0.1, 0.15) is 17.5 Å². The number of likely N-dealkylation sites (N-methyl/N-ethyl adjacent to an activating group) is 1. The highest BCUT2D eigenvalue weighted by atomic mass is 16.5. The van der Waals surface area contributed by atoms with Crippen LogP contribution in [0.5, 0.6) is 5.75 Å². The molecule has 0 radical (unpaired) electrons. The first-order valence-electron chi connectivity index (χ1n) is 9.17. The zero-order valence-corrected chi connectivity index (χ0v) is 15.7. The molecule has 0 saturated carbocycles. The van der Waals surface area contributed by atoms with Crippen molar-refractivity contribution in [2.45, 2.75) is 25.8 Å². The van der Waals surface area contributed by atoms with Crippen LogP contribution in [0.25, 0.3) is 11.3 Å². The highest BCUT2D eigenvalue weighted by Crippen LogP contribution is 2.34. The van der Waals surface area contributed by atoms with Crippen molar-refractivity contribution in [1.82, 2.24) is 15.1 Å². The second-order valence-electron chi connectivity index (χ2n) is 7.62. The Labute approximate surface area is 154 Å². The van der Waals surface area contributed by atoms with E-state index >= 15 is 0 Å². The number of hydrogen-bond acceptors (Lipinski definition) is 6. The molecule has 138 valence electrons. The third-order valence-corrected chi connectivity index (χ3v) is 5.77. The number of aromatic hydroxyl groups is 1. The van der Waals surface area contributed by atoms with Crippen LogP contribution in [0.15, 0.2) is 24.3 Å². The van der Waals surface area contributed by atoms with E-state index in [1.165, 1.54) is 0 Å². The molecule has 0 unspecified atom stereocenters. The summed E-state index contributed by atoms with van der Waals surface area (Å²) in [5.41, 5.74) is 3.59. The molecule has 1 atom stereocenters.